The summed E-state index contributed by atoms with van der Waals surface area (Å²) in [5.74, 6) is -0.752. The Morgan fingerprint density at radius 3 is 2.19 bits per heavy atom. The Morgan fingerprint density at radius 1 is 1.12 bits per heavy atom. The molecule has 0 heterocycles. The molecule has 0 amide bonds. The zero-order valence-corrected chi connectivity index (χ0v) is 9.63. The maximum atomic E-state index is 12.5. The molecule has 8 heteroatoms. The van der Waals surface area contributed by atoms with Gasteiger partial charge in [-0.2, -0.15) is 22.0 Å². The van der Waals surface area contributed by atoms with Crippen molar-refractivity contribution in [3.8, 4) is 5.75 Å². The zero-order valence-electron chi connectivity index (χ0n) is 7.29. The topological polar surface area (TPSA) is 9.23 Å². The van der Waals surface area contributed by atoms with Gasteiger partial charge in [0, 0.05) is 4.47 Å². The fourth-order valence-electron chi connectivity index (χ4n) is 0.759. The quantitative estimate of drug-likeness (QED) is 0.720. The molecule has 1 nitrogen and oxygen atoms in total. The van der Waals surface area contributed by atoms with E-state index in [9.17, 15) is 22.0 Å². The molecule has 90 valence electrons. The minimum absolute atomic E-state index is 0.157. The number of hydrogen-bond acceptors (Lipinski definition) is 1. The van der Waals surface area contributed by atoms with Gasteiger partial charge in [-0.1, -0.05) is 17.7 Å². The van der Waals surface area contributed by atoms with Crippen molar-refractivity contribution in [3.63, 3.8) is 0 Å². The lowest BCUT2D eigenvalue weighted by atomic mass is 10.3. The maximum Gasteiger partial charge on any atom is 0.499 e. The first-order valence-corrected chi connectivity index (χ1v) is 4.90. The van der Waals surface area contributed by atoms with E-state index in [0.29, 0.717) is 0 Å². The Kier molecular flexibility index (Phi) is 3.69. The van der Waals surface area contributed by atoms with E-state index in [2.05, 4.69) is 20.7 Å². The molecule has 0 aliphatic rings. The fraction of sp³-hybridized carbons (Fsp3) is 0.250. The highest BCUT2D eigenvalue weighted by atomic mass is 79.9. The monoisotopic (exact) mass is 324 g/mol. The Morgan fingerprint density at radius 2 is 1.69 bits per heavy atom. The van der Waals surface area contributed by atoms with Crippen LogP contribution in [0.1, 0.15) is 0 Å². The van der Waals surface area contributed by atoms with E-state index in [4.69, 9.17) is 11.6 Å². The molecule has 0 aliphatic heterocycles. The summed E-state index contributed by atoms with van der Waals surface area (Å²) in [6, 6.07) is 3.51. The Labute approximate surface area is 100 Å². The van der Waals surface area contributed by atoms with Crippen LogP contribution in [0.2, 0.25) is 5.02 Å². The fourth-order valence-corrected chi connectivity index (χ4v) is 1.27. The first-order chi connectivity index (χ1) is 7.15. The average molecular weight is 325 g/mol. The molecule has 0 unspecified atom stereocenters. The van der Waals surface area contributed by atoms with Crippen LogP contribution < -0.4 is 4.74 Å². The molecule has 1 rings (SSSR count). The van der Waals surface area contributed by atoms with Crippen LogP contribution in [-0.4, -0.2) is 12.3 Å². The molecule has 0 bridgehead atoms. The molecule has 0 spiro atoms. The second-order valence-corrected chi connectivity index (χ2v) is 3.90. The molecule has 0 aliphatic carbocycles. The molecule has 1 aromatic rings. The predicted octanol–water partition coefficient (Wildman–Crippen LogP) is 4.64. The second-order valence-electron chi connectivity index (χ2n) is 2.67. The van der Waals surface area contributed by atoms with Gasteiger partial charge >= 0.3 is 12.3 Å². The number of alkyl halides is 5. The van der Waals surface area contributed by atoms with Gasteiger partial charge in [0.05, 0.1) is 5.02 Å². The van der Waals surface area contributed by atoms with Gasteiger partial charge in [-0.25, -0.2) is 0 Å². The Hall–Kier alpha value is -0.560. The van der Waals surface area contributed by atoms with Crippen molar-refractivity contribution < 1.29 is 26.7 Å². The molecule has 0 saturated heterocycles. The summed E-state index contributed by atoms with van der Waals surface area (Å²) in [6.07, 6.45) is -11.1. The van der Waals surface area contributed by atoms with Gasteiger partial charge in [-0.3, -0.25) is 0 Å². The molecule has 0 aromatic heterocycles. The molecular weight excluding hydrogens is 322 g/mol. The average Bonchev–Trinajstić information content (AvgIpc) is 2.11. The number of benzene rings is 1. The van der Waals surface area contributed by atoms with Crippen molar-refractivity contribution in [3.05, 3.63) is 27.7 Å². The molecule has 0 N–H and O–H groups in total. The highest BCUT2D eigenvalue weighted by Gasteiger charge is 2.61. The van der Waals surface area contributed by atoms with Gasteiger partial charge in [-0.15, -0.1) is 0 Å². The first kappa shape index (κ1) is 13.5. The molecule has 0 fully saturated rings. The number of halogens is 7. The van der Waals surface area contributed by atoms with Crippen LogP contribution in [0.4, 0.5) is 22.0 Å². The third-order valence-electron chi connectivity index (χ3n) is 1.48. The van der Waals surface area contributed by atoms with Crippen molar-refractivity contribution in [1.82, 2.24) is 0 Å². The lowest BCUT2D eigenvalue weighted by Gasteiger charge is -2.20. The third-order valence-corrected chi connectivity index (χ3v) is 2.76. The van der Waals surface area contributed by atoms with Crippen molar-refractivity contribution in [1.29, 1.82) is 0 Å². The Bertz CT molecular complexity index is 393. The Balaban J connectivity index is 3.02. The number of ether oxygens (including phenoxy) is 1. The van der Waals surface area contributed by atoms with Crippen LogP contribution in [-0.2, 0) is 0 Å². The summed E-state index contributed by atoms with van der Waals surface area (Å²) in [5, 5.41) is -0.355. The van der Waals surface area contributed by atoms with Gasteiger partial charge in [0.15, 0.2) is 0 Å². The molecule has 1 aromatic carbocycles. The summed E-state index contributed by atoms with van der Waals surface area (Å²) in [7, 11) is 0. The van der Waals surface area contributed by atoms with Crippen LogP contribution in [0.25, 0.3) is 0 Å². The second kappa shape index (κ2) is 4.37. The van der Waals surface area contributed by atoms with Crippen LogP contribution in [0.3, 0.4) is 0 Å². The number of hydrogen-bond donors (Lipinski definition) is 0. The molecule has 0 atom stereocenters. The predicted molar refractivity (Wildman–Crippen MR) is 50.8 cm³/mol. The van der Waals surface area contributed by atoms with Gasteiger partial charge < -0.3 is 4.74 Å². The van der Waals surface area contributed by atoms with Crippen LogP contribution >= 0.6 is 27.5 Å². The van der Waals surface area contributed by atoms with E-state index in [1.54, 1.807) is 0 Å². The van der Waals surface area contributed by atoms with Crippen molar-refractivity contribution in [2.75, 3.05) is 0 Å². The van der Waals surface area contributed by atoms with E-state index >= 15 is 0 Å². The first-order valence-electron chi connectivity index (χ1n) is 3.73. The van der Waals surface area contributed by atoms with E-state index < -0.39 is 18.0 Å². The van der Waals surface area contributed by atoms with E-state index in [1.807, 2.05) is 0 Å². The van der Waals surface area contributed by atoms with Gasteiger partial charge in [-0.05, 0) is 28.1 Å². The van der Waals surface area contributed by atoms with Crippen LogP contribution in [0.5, 0.6) is 5.75 Å². The molecule has 0 radical (unpaired) electrons. The van der Waals surface area contributed by atoms with Crippen molar-refractivity contribution in [2.24, 2.45) is 0 Å². The summed E-state index contributed by atoms with van der Waals surface area (Å²) < 4.78 is 64.2. The van der Waals surface area contributed by atoms with Gasteiger partial charge in [0.1, 0.15) is 5.75 Å². The largest absolute Gasteiger partial charge is 0.499 e. The zero-order chi connectivity index (χ0) is 12.6. The van der Waals surface area contributed by atoms with E-state index in [0.717, 1.165) is 6.07 Å². The van der Waals surface area contributed by atoms with Crippen LogP contribution in [0, 0.1) is 0 Å². The molecular formula is C8H3BrClF5O. The normalized spacial score (nSPS) is 12.7. The van der Waals surface area contributed by atoms with Crippen molar-refractivity contribution in [2.45, 2.75) is 12.3 Å². The van der Waals surface area contributed by atoms with Gasteiger partial charge in [0.2, 0.25) is 0 Å². The summed E-state index contributed by atoms with van der Waals surface area (Å²) in [5.41, 5.74) is 0. The molecule has 16 heavy (non-hydrogen) atoms. The highest BCUT2D eigenvalue weighted by Crippen LogP contribution is 2.40. The standard InChI is InChI=1S/C8H3BrClF5O/c9-4-2-1-3-5(6(4)10)16-8(14,15)7(11,12)13/h1-3H. The summed E-state index contributed by atoms with van der Waals surface area (Å²) >= 11 is 8.34. The van der Waals surface area contributed by atoms with Gasteiger partial charge in [0.25, 0.3) is 0 Å². The highest BCUT2D eigenvalue weighted by molar-refractivity contribution is 9.10. The lowest BCUT2D eigenvalue weighted by Crippen LogP contribution is -2.41. The SMILES string of the molecule is FC(F)(F)C(F)(F)Oc1cccc(Br)c1Cl. The minimum atomic E-state index is -5.79. The van der Waals surface area contributed by atoms with Crippen molar-refractivity contribution >= 4 is 27.5 Å². The molecule has 0 saturated carbocycles. The maximum absolute atomic E-state index is 12.5. The smallest absolute Gasteiger partial charge is 0.424 e. The van der Waals surface area contributed by atoms with E-state index in [1.165, 1.54) is 12.1 Å². The van der Waals surface area contributed by atoms with Crippen LogP contribution in [0.15, 0.2) is 22.7 Å². The lowest BCUT2D eigenvalue weighted by molar-refractivity contribution is -0.360. The summed E-state index contributed by atoms with van der Waals surface area (Å²) in [6.45, 7) is 0. The summed E-state index contributed by atoms with van der Waals surface area (Å²) in [4.78, 5) is 0. The minimum Gasteiger partial charge on any atom is -0.424 e. The third kappa shape index (κ3) is 2.76. The number of rotatable bonds is 2. The van der Waals surface area contributed by atoms with E-state index in [-0.39, 0.29) is 9.50 Å².